The Hall–Kier alpha value is -0.410. The summed E-state index contributed by atoms with van der Waals surface area (Å²) < 4.78 is -0.125. The first-order valence-electron chi connectivity index (χ1n) is 2.97. The molecule has 0 fully saturated rings. The summed E-state index contributed by atoms with van der Waals surface area (Å²) in [5.74, 6) is 0.121. The van der Waals surface area contributed by atoms with Crippen LogP contribution in [0.3, 0.4) is 0 Å². The molecular weight excluding hydrogens is 118 g/mol. The fraction of sp³-hybridized carbons (Fsp3) is 0.833. The van der Waals surface area contributed by atoms with E-state index < -0.39 is 0 Å². The number of Topliss-reactive ketones (excluding diaryl/α,β-unsaturated/α-hetero) is 1. The van der Waals surface area contributed by atoms with Crippen molar-refractivity contribution >= 4 is 5.78 Å². The maximum atomic E-state index is 10.4. The molecular formula is C6H14NO2+. The van der Waals surface area contributed by atoms with Gasteiger partial charge in [0.25, 0.3) is 0 Å². The summed E-state index contributed by atoms with van der Waals surface area (Å²) in [6.45, 7) is 2.02. The maximum Gasteiger partial charge on any atom is 0.135 e. The molecule has 0 saturated heterocycles. The van der Waals surface area contributed by atoms with E-state index in [-0.39, 0.29) is 10.4 Å². The lowest BCUT2D eigenvalue weighted by Gasteiger charge is -2.17. The normalized spacial score (nSPS) is 11.6. The third-order valence-corrected chi connectivity index (χ3v) is 1.01. The van der Waals surface area contributed by atoms with Crippen LogP contribution in [0.1, 0.15) is 13.3 Å². The van der Waals surface area contributed by atoms with E-state index >= 15 is 0 Å². The minimum atomic E-state index is -0.125. The van der Waals surface area contributed by atoms with E-state index in [1.54, 1.807) is 14.1 Å². The van der Waals surface area contributed by atoms with Crippen LogP contribution in [0.5, 0.6) is 0 Å². The molecule has 9 heavy (non-hydrogen) atoms. The summed E-state index contributed by atoms with van der Waals surface area (Å²) in [5, 5.41) is 9.05. The van der Waals surface area contributed by atoms with E-state index in [1.807, 2.05) is 0 Å². The summed E-state index contributed by atoms with van der Waals surface area (Å²) in [6, 6.07) is 0. The molecule has 3 nitrogen and oxygen atoms in total. The molecule has 0 aromatic rings. The fourth-order valence-electron chi connectivity index (χ4n) is 0.431. The zero-order chi connectivity index (χ0) is 7.49. The van der Waals surface area contributed by atoms with Crippen LogP contribution in [0.2, 0.25) is 0 Å². The van der Waals surface area contributed by atoms with Crippen molar-refractivity contribution < 1.29 is 14.6 Å². The van der Waals surface area contributed by atoms with Gasteiger partial charge in [-0.3, -0.25) is 4.79 Å². The third-order valence-electron chi connectivity index (χ3n) is 1.01. The molecule has 0 aromatic carbocycles. The highest BCUT2D eigenvalue weighted by atomic mass is 16.5. The Kier molecular flexibility index (Phi) is 2.81. The molecule has 0 aliphatic carbocycles. The number of quaternary nitrogens is 1. The van der Waals surface area contributed by atoms with E-state index in [4.69, 9.17) is 5.21 Å². The number of carbonyl (C=O) groups excluding carboxylic acids is 1. The van der Waals surface area contributed by atoms with Gasteiger partial charge in [-0.15, -0.1) is 0 Å². The second-order valence-electron chi connectivity index (χ2n) is 2.80. The van der Waals surface area contributed by atoms with Gasteiger partial charge in [0.15, 0.2) is 0 Å². The summed E-state index contributed by atoms with van der Waals surface area (Å²) in [4.78, 5) is 10.4. The van der Waals surface area contributed by atoms with Crippen LogP contribution in [0.15, 0.2) is 0 Å². The van der Waals surface area contributed by atoms with Gasteiger partial charge in [-0.2, -0.15) is 4.65 Å². The Morgan fingerprint density at radius 3 is 2.11 bits per heavy atom. The molecule has 0 heterocycles. The summed E-state index contributed by atoms with van der Waals surface area (Å²) in [5.41, 5.74) is 0. The van der Waals surface area contributed by atoms with Crippen molar-refractivity contribution in [3.63, 3.8) is 0 Å². The Morgan fingerprint density at radius 1 is 1.56 bits per heavy atom. The van der Waals surface area contributed by atoms with Crippen molar-refractivity contribution in [2.45, 2.75) is 13.3 Å². The first-order valence-corrected chi connectivity index (χ1v) is 2.97. The zero-order valence-electron chi connectivity index (χ0n) is 6.22. The number of ketones is 1. The molecule has 0 saturated carbocycles. The second kappa shape index (κ2) is 2.94. The summed E-state index contributed by atoms with van der Waals surface area (Å²) in [6.07, 6.45) is 0.448. The Morgan fingerprint density at radius 2 is 2.00 bits per heavy atom. The fourth-order valence-corrected chi connectivity index (χ4v) is 0.431. The average Bonchev–Trinajstić information content (AvgIpc) is 1.59. The van der Waals surface area contributed by atoms with Crippen LogP contribution in [-0.2, 0) is 4.79 Å². The molecule has 0 amide bonds. The van der Waals surface area contributed by atoms with Gasteiger partial charge in [0.1, 0.15) is 12.3 Å². The van der Waals surface area contributed by atoms with Crippen molar-refractivity contribution in [1.29, 1.82) is 0 Å². The molecule has 0 aromatic heterocycles. The highest BCUT2D eigenvalue weighted by molar-refractivity contribution is 5.75. The number of hydrogen-bond acceptors (Lipinski definition) is 2. The van der Waals surface area contributed by atoms with Crippen molar-refractivity contribution in [2.75, 3.05) is 20.6 Å². The van der Waals surface area contributed by atoms with Crippen molar-refractivity contribution in [2.24, 2.45) is 0 Å². The molecule has 3 heteroatoms. The van der Waals surface area contributed by atoms with Crippen LogP contribution in [0, 0.1) is 0 Å². The molecule has 1 N–H and O–H groups in total. The lowest BCUT2D eigenvalue weighted by Crippen LogP contribution is -2.36. The largest absolute Gasteiger partial charge is 0.300 e. The van der Waals surface area contributed by atoms with Gasteiger partial charge in [-0.1, -0.05) is 0 Å². The smallest absolute Gasteiger partial charge is 0.135 e. The molecule has 0 spiro atoms. The van der Waals surface area contributed by atoms with Crippen molar-refractivity contribution in [1.82, 2.24) is 0 Å². The molecule has 0 atom stereocenters. The molecule has 0 bridgehead atoms. The minimum Gasteiger partial charge on any atom is -0.300 e. The van der Waals surface area contributed by atoms with Gasteiger partial charge >= 0.3 is 0 Å². The highest BCUT2D eigenvalue weighted by Crippen LogP contribution is 1.92. The number of hydrogen-bond donors (Lipinski definition) is 1. The first-order chi connectivity index (χ1) is 3.92. The molecule has 0 aliphatic rings. The summed E-state index contributed by atoms with van der Waals surface area (Å²) in [7, 11) is 3.28. The molecule has 0 radical (unpaired) electrons. The Labute approximate surface area is 55.4 Å². The molecule has 0 unspecified atom stereocenters. The van der Waals surface area contributed by atoms with Crippen LogP contribution in [0.25, 0.3) is 0 Å². The number of rotatable bonds is 3. The Balaban J connectivity index is 3.39. The van der Waals surface area contributed by atoms with Gasteiger partial charge in [0, 0.05) is 0 Å². The SMILES string of the molecule is CC(=O)CC[N+](C)(C)O. The predicted octanol–water partition coefficient (Wildman–Crippen LogP) is 0.431. The van der Waals surface area contributed by atoms with Gasteiger partial charge in [0.05, 0.1) is 20.5 Å². The first kappa shape index (κ1) is 8.59. The Bertz CT molecular complexity index is 104. The predicted molar refractivity (Wildman–Crippen MR) is 34.1 cm³/mol. The van der Waals surface area contributed by atoms with E-state index in [2.05, 4.69) is 0 Å². The number of hydroxylamine groups is 3. The maximum absolute atomic E-state index is 10.4. The lowest BCUT2D eigenvalue weighted by atomic mass is 10.3. The zero-order valence-corrected chi connectivity index (χ0v) is 6.22. The quantitative estimate of drug-likeness (QED) is 0.446. The van der Waals surface area contributed by atoms with Crippen LogP contribution < -0.4 is 0 Å². The monoisotopic (exact) mass is 132 g/mol. The number of nitrogens with zero attached hydrogens (tertiary/aromatic N) is 1. The van der Waals surface area contributed by atoms with Gasteiger partial charge in [-0.25, -0.2) is 5.21 Å². The van der Waals surface area contributed by atoms with Gasteiger partial charge in [0.2, 0.25) is 0 Å². The standard InChI is InChI=1S/C6H14NO2/c1-6(8)4-5-7(2,3)9/h9H,4-5H2,1-3H3/q+1. The van der Waals surface area contributed by atoms with Crippen LogP contribution in [-0.4, -0.2) is 36.3 Å². The summed E-state index contributed by atoms with van der Waals surface area (Å²) >= 11 is 0. The minimum absolute atomic E-state index is 0.121. The molecule has 54 valence electrons. The van der Waals surface area contributed by atoms with E-state index in [9.17, 15) is 4.79 Å². The van der Waals surface area contributed by atoms with Crippen molar-refractivity contribution in [3.8, 4) is 0 Å². The third kappa shape index (κ3) is 7.59. The van der Waals surface area contributed by atoms with Gasteiger partial charge in [-0.05, 0) is 6.92 Å². The van der Waals surface area contributed by atoms with Crippen LogP contribution in [0.4, 0.5) is 0 Å². The highest BCUT2D eigenvalue weighted by Gasteiger charge is 2.10. The van der Waals surface area contributed by atoms with E-state index in [0.29, 0.717) is 13.0 Å². The topological polar surface area (TPSA) is 37.3 Å². The van der Waals surface area contributed by atoms with Crippen LogP contribution >= 0.6 is 0 Å². The molecule has 0 aliphatic heterocycles. The van der Waals surface area contributed by atoms with E-state index in [0.717, 1.165) is 0 Å². The van der Waals surface area contributed by atoms with Gasteiger partial charge < -0.3 is 0 Å². The van der Waals surface area contributed by atoms with E-state index in [1.165, 1.54) is 6.92 Å². The van der Waals surface area contributed by atoms with Crippen molar-refractivity contribution in [3.05, 3.63) is 0 Å². The average molecular weight is 132 g/mol. The lowest BCUT2D eigenvalue weighted by molar-refractivity contribution is -1.07. The number of carbonyl (C=O) groups is 1. The molecule has 0 rings (SSSR count). The second-order valence-corrected chi connectivity index (χ2v) is 2.80.